The second kappa shape index (κ2) is 14.5. The van der Waals surface area contributed by atoms with Crippen LogP contribution in [0, 0.1) is 5.82 Å². The first-order valence-corrected chi connectivity index (χ1v) is 15.2. The van der Waals surface area contributed by atoms with Gasteiger partial charge in [-0.1, -0.05) is 72.8 Å². The smallest absolute Gasteiger partial charge is 0.264 e. The monoisotopic (exact) mass is 603 g/mol. The molecule has 0 spiro atoms. The number of benzene rings is 4. The minimum absolute atomic E-state index is 0.0266. The van der Waals surface area contributed by atoms with Gasteiger partial charge in [0.25, 0.3) is 10.0 Å². The molecule has 0 aliphatic rings. The molecule has 0 aliphatic heterocycles. The minimum atomic E-state index is -4.38. The number of nitrogens with zero attached hydrogens (tertiary/aromatic N) is 2. The highest BCUT2D eigenvalue weighted by Crippen LogP contribution is 2.27. The van der Waals surface area contributed by atoms with Gasteiger partial charge < -0.3 is 15.0 Å². The fourth-order valence-corrected chi connectivity index (χ4v) is 6.14. The van der Waals surface area contributed by atoms with E-state index in [0.717, 1.165) is 15.9 Å². The van der Waals surface area contributed by atoms with Crippen molar-refractivity contribution in [1.82, 2.24) is 10.2 Å². The Labute approximate surface area is 251 Å². The van der Waals surface area contributed by atoms with Crippen molar-refractivity contribution in [1.29, 1.82) is 0 Å². The van der Waals surface area contributed by atoms with E-state index in [-0.39, 0.29) is 23.5 Å². The average molecular weight is 604 g/mol. The third-order valence-corrected chi connectivity index (χ3v) is 8.61. The van der Waals surface area contributed by atoms with Crippen molar-refractivity contribution in [2.45, 2.75) is 30.8 Å². The van der Waals surface area contributed by atoms with Crippen molar-refractivity contribution in [2.24, 2.45) is 0 Å². The van der Waals surface area contributed by atoms with Crippen molar-refractivity contribution >= 4 is 27.5 Å². The summed E-state index contributed by atoms with van der Waals surface area (Å²) in [6.45, 7) is 1.33. The van der Waals surface area contributed by atoms with Crippen LogP contribution in [0.25, 0.3) is 0 Å². The first-order chi connectivity index (χ1) is 20.7. The van der Waals surface area contributed by atoms with Gasteiger partial charge in [0.1, 0.15) is 24.2 Å². The molecule has 0 radical (unpaired) electrons. The predicted octanol–water partition coefficient (Wildman–Crippen LogP) is 4.81. The molecule has 0 fully saturated rings. The molecule has 2 amide bonds. The maximum Gasteiger partial charge on any atom is 0.264 e. The van der Waals surface area contributed by atoms with Crippen LogP contribution in [0.15, 0.2) is 114 Å². The third kappa shape index (κ3) is 7.78. The first kappa shape index (κ1) is 31.2. The van der Waals surface area contributed by atoms with E-state index in [1.54, 1.807) is 49.4 Å². The molecule has 4 aromatic rings. The van der Waals surface area contributed by atoms with Crippen LogP contribution in [0.5, 0.6) is 5.75 Å². The number of rotatable bonds is 13. The van der Waals surface area contributed by atoms with Crippen LogP contribution in [-0.4, -0.2) is 51.4 Å². The molecule has 224 valence electrons. The maximum absolute atomic E-state index is 15.1. The van der Waals surface area contributed by atoms with E-state index in [1.165, 1.54) is 42.3 Å². The Morgan fingerprint density at radius 2 is 1.49 bits per heavy atom. The molecule has 4 aromatic carbocycles. The molecule has 0 heterocycles. The fourth-order valence-electron chi connectivity index (χ4n) is 4.70. The number of nitrogens with one attached hydrogen (secondary N) is 1. The molecule has 10 heteroatoms. The largest absolute Gasteiger partial charge is 0.497 e. The van der Waals surface area contributed by atoms with E-state index in [2.05, 4.69) is 5.32 Å². The highest BCUT2D eigenvalue weighted by molar-refractivity contribution is 7.92. The van der Waals surface area contributed by atoms with E-state index in [4.69, 9.17) is 4.74 Å². The van der Waals surface area contributed by atoms with Gasteiger partial charge in [-0.15, -0.1) is 0 Å². The zero-order valence-corrected chi connectivity index (χ0v) is 24.8. The van der Waals surface area contributed by atoms with E-state index in [1.807, 2.05) is 30.3 Å². The summed E-state index contributed by atoms with van der Waals surface area (Å²) in [5, 5.41) is 2.81. The lowest BCUT2D eigenvalue weighted by Crippen LogP contribution is -2.53. The van der Waals surface area contributed by atoms with Crippen molar-refractivity contribution < 1.29 is 27.1 Å². The number of methoxy groups -OCH3 is 1. The minimum Gasteiger partial charge on any atom is -0.497 e. The number of anilines is 1. The fraction of sp³-hybridized carbons (Fsp3) is 0.212. The number of ether oxygens (including phenoxy) is 1. The molecule has 0 bridgehead atoms. The van der Waals surface area contributed by atoms with Crippen molar-refractivity contribution in [3.05, 3.63) is 126 Å². The number of carbonyl (C=O) groups is 2. The summed E-state index contributed by atoms with van der Waals surface area (Å²) in [4.78, 5) is 29.1. The summed E-state index contributed by atoms with van der Waals surface area (Å²) in [5.74, 6) is -1.33. The SMILES string of the molecule is CCNC(=O)[C@@H](Cc1ccccc1)N(Cc1cccc(OC)c1)C(=O)CN(c1ccccc1F)S(=O)(=O)c1ccccc1. The zero-order chi connectivity index (χ0) is 30.8. The Morgan fingerprint density at radius 1 is 0.860 bits per heavy atom. The molecule has 8 nitrogen and oxygen atoms in total. The molecule has 43 heavy (non-hydrogen) atoms. The molecule has 0 aliphatic carbocycles. The Balaban J connectivity index is 1.81. The second-order valence-electron chi connectivity index (χ2n) is 9.75. The number of para-hydroxylation sites is 1. The van der Waals surface area contributed by atoms with Gasteiger partial charge in [-0.2, -0.15) is 0 Å². The van der Waals surface area contributed by atoms with Gasteiger partial charge in [-0.25, -0.2) is 12.8 Å². The van der Waals surface area contributed by atoms with Gasteiger partial charge in [-0.3, -0.25) is 13.9 Å². The van der Waals surface area contributed by atoms with Gasteiger partial charge in [-0.05, 0) is 54.4 Å². The van der Waals surface area contributed by atoms with Gasteiger partial charge in [0.05, 0.1) is 17.7 Å². The summed E-state index contributed by atoms with van der Waals surface area (Å²) >= 11 is 0. The molecule has 0 unspecified atom stereocenters. The van der Waals surface area contributed by atoms with Gasteiger partial charge in [0, 0.05) is 19.5 Å². The summed E-state index contributed by atoms with van der Waals surface area (Å²) in [5.41, 5.74) is 1.20. The highest BCUT2D eigenvalue weighted by atomic mass is 32.2. The van der Waals surface area contributed by atoms with Gasteiger partial charge in [0.15, 0.2) is 0 Å². The Bertz CT molecular complexity index is 1630. The molecular weight excluding hydrogens is 569 g/mol. The van der Waals surface area contributed by atoms with E-state index in [0.29, 0.717) is 17.9 Å². The van der Waals surface area contributed by atoms with E-state index >= 15 is 4.39 Å². The molecule has 0 saturated carbocycles. The number of hydrogen-bond donors (Lipinski definition) is 1. The zero-order valence-electron chi connectivity index (χ0n) is 24.0. The van der Waals surface area contributed by atoms with Crippen LogP contribution in [-0.2, 0) is 32.6 Å². The first-order valence-electron chi connectivity index (χ1n) is 13.8. The van der Waals surface area contributed by atoms with Gasteiger partial charge >= 0.3 is 0 Å². The number of amides is 2. The lowest BCUT2D eigenvalue weighted by atomic mass is 10.0. The molecule has 1 N–H and O–H groups in total. The van der Waals surface area contributed by atoms with E-state index < -0.39 is 40.2 Å². The normalized spacial score (nSPS) is 11.8. The average Bonchev–Trinajstić information content (AvgIpc) is 3.03. The number of sulfonamides is 1. The maximum atomic E-state index is 15.1. The van der Waals surface area contributed by atoms with Gasteiger partial charge in [0.2, 0.25) is 11.8 Å². The van der Waals surface area contributed by atoms with Crippen LogP contribution in [0.1, 0.15) is 18.1 Å². The van der Waals surface area contributed by atoms with Crippen LogP contribution < -0.4 is 14.4 Å². The number of halogens is 1. The third-order valence-electron chi connectivity index (χ3n) is 6.84. The van der Waals surface area contributed by atoms with Crippen molar-refractivity contribution in [3.63, 3.8) is 0 Å². The summed E-state index contributed by atoms with van der Waals surface area (Å²) in [6, 6.07) is 28.2. The topological polar surface area (TPSA) is 96.0 Å². The van der Waals surface area contributed by atoms with Crippen LogP contribution in [0.2, 0.25) is 0 Å². The van der Waals surface area contributed by atoms with Crippen LogP contribution >= 0.6 is 0 Å². The van der Waals surface area contributed by atoms with Crippen molar-refractivity contribution in [2.75, 3.05) is 24.5 Å². The Kier molecular flexibility index (Phi) is 10.5. The summed E-state index contributed by atoms with van der Waals surface area (Å²) in [7, 11) is -2.86. The molecular formula is C33H34FN3O5S. The number of likely N-dealkylation sites (N-methyl/N-ethyl adjacent to an activating group) is 1. The van der Waals surface area contributed by atoms with Crippen molar-refractivity contribution in [3.8, 4) is 5.75 Å². The Morgan fingerprint density at radius 3 is 2.14 bits per heavy atom. The lowest BCUT2D eigenvalue weighted by molar-refractivity contribution is -0.140. The standard InChI is InChI=1S/C33H34FN3O5S/c1-3-35-33(39)31(22-25-13-6-4-7-14-25)36(23-26-15-12-16-27(21-26)42-2)32(38)24-37(30-20-11-10-19-29(30)34)43(40,41)28-17-8-5-9-18-28/h4-21,31H,3,22-24H2,1-2H3,(H,35,39)/t31-/m1/s1. The number of hydrogen-bond acceptors (Lipinski definition) is 5. The van der Waals surface area contributed by atoms with E-state index in [9.17, 15) is 18.0 Å². The second-order valence-corrected chi connectivity index (χ2v) is 11.6. The van der Waals surface area contributed by atoms with Crippen LogP contribution in [0.4, 0.5) is 10.1 Å². The molecule has 1 atom stereocenters. The predicted molar refractivity (Wildman–Crippen MR) is 164 cm³/mol. The lowest BCUT2D eigenvalue weighted by Gasteiger charge is -2.34. The summed E-state index contributed by atoms with van der Waals surface area (Å²) in [6.07, 6.45) is 0.174. The molecule has 0 aromatic heterocycles. The van der Waals surface area contributed by atoms with Crippen LogP contribution in [0.3, 0.4) is 0 Å². The quantitative estimate of drug-likeness (QED) is 0.237. The Hall–Kier alpha value is -4.70. The summed E-state index contributed by atoms with van der Waals surface area (Å²) < 4.78 is 49.0. The number of carbonyl (C=O) groups excluding carboxylic acids is 2. The molecule has 0 saturated heterocycles. The molecule has 4 rings (SSSR count). The highest BCUT2D eigenvalue weighted by Gasteiger charge is 2.35.